The highest BCUT2D eigenvalue weighted by Crippen LogP contribution is 2.44. The molecule has 2 aromatic rings. The normalized spacial score (nSPS) is 24.7. The van der Waals surface area contributed by atoms with Gasteiger partial charge in [0.15, 0.2) is 16.4 Å². The van der Waals surface area contributed by atoms with Crippen molar-refractivity contribution in [2.75, 3.05) is 18.1 Å². The first-order chi connectivity index (χ1) is 15.5. The molecule has 0 saturated carbocycles. The van der Waals surface area contributed by atoms with Crippen LogP contribution in [0.25, 0.3) is 11.0 Å². The number of aliphatic hydroxyl groups excluding tert-OH is 1. The Balaban J connectivity index is 1.48. The van der Waals surface area contributed by atoms with E-state index in [9.17, 15) is 23.1 Å². The molecule has 1 aliphatic carbocycles. The Kier molecular flexibility index (Phi) is 5.20. The van der Waals surface area contributed by atoms with E-state index in [1.54, 1.807) is 6.07 Å². The third kappa shape index (κ3) is 4.10. The molecule has 0 bridgehead atoms. The minimum Gasteiger partial charge on any atom is -0.487 e. The highest BCUT2D eigenvalue weighted by Gasteiger charge is 2.37. The molecule has 33 heavy (non-hydrogen) atoms. The summed E-state index contributed by atoms with van der Waals surface area (Å²) in [5, 5.41) is 13.2. The molecule has 3 aliphatic rings. The molecule has 3 heterocycles. The third-order valence-electron chi connectivity index (χ3n) is 6.66. The number of aliphatic hydroxyl groups is 1. The van der Waals surface area contributed by atoms with Crippen LogP contribution in [0.3, 0.4) is 0 Å². The molecule has 1 aromatic carbocycles. The van der Waals surface area contributed by atoms with Crippen LogP contribution in [-0.2, 0) is 33.9 Å². The van der Waals surface area contributed by atoms with E-state index in [1.807, 2.05) is 13.8 Å². The minimum absolute atomic E-state index is 0.302. The van der Waals surface area contributed by atoms with Crippen molar-refractivity contribution >= 4 is 26.7 Å². The van der Waals surface area contributed by atoms with Crippen LogP contribution in [0.4, 0.5) is 0 Å². The van der Waals surface area contributed by atoms with Gasteiger partial charge in [0.25, 0.3) is 5.91 Å². The molecule has 2 aliphatic heterocycles. The van der Waals surface area contributed by atoms with Gasteiger partial charge in [0, 0.05) is 17.2 Å². The highest BCUT2D eigenvalue weighted by atomic mass is 32.2. The number of rotatable bonds is 4. The summed E-state index contributed by atoms with van der Waals surface area (Å²) in [7, 11) is -3.38. The molecular weight excluding hydrogens is 450 g/mol. The lowest BCUT2D eigenvalue weighted by molar-refractivity contribution is -0.124. The number of sulfone groups is 1. The zero-order chi connectivity index (χ0) is 23.5. The standard InChI is InChI=1S/C23H27NO8S/c1-23(2)7-6-14-17(32-23)8-18(20-12-4-3-5-13(12)22(27)31-21(14)20)30-9-19(26)24-15-10-33(28,29)11-16(15)25/h8,15-16,25H,3-7,9-11H2,1-2H3,(H,24,26). The van der Waals surface area contributed by atoms with Crippen molar-refractivity contribution < 1.29 is 32.2 Å². The lowest BCUT2D eigenvalue weighted by atomic mass is 9.91. The van der Waals surface area contributed by atoms with E-state index >= 15 is 0 Å². The predicted molar refractivity (Wildman–Crippen MR) is 120 cm³/mol. The Hall–Kier alpha value is -2.59. The summed E-state index contributed by atoms with van der Waals surface area (Å²) in [6.45, 7) is 3.58. The van der Waals surface area contributed by atoms with Crippen LogP contribution in [0.15, 0.2) is 15.3 Å². The molecule has 2 atom stereocenters. The van der Waals surface area contributed by atoms with Crippen LogP contribution < -0.4 is 20.4 Å². The number of carbonyl (C=O) groups excluding carboxylic acids is 1. The maximum atomic E-state index is 12.6. The van der Waals surface area contributed by atoms with Gasteiger partial charge in [-0.1, -0.05) is 0 Å². The Bertz CT molecular complexity index is 1310. The quantitative estimate of drug-likeness (QED) is 0.625. The molecule has 1 saturated heterocycles. The number of ether oxygens (including phenoxy) is 2. The molecule has 178 valence electrons. The summed E-state index contributed by atoms with van der Waals surface area (Å²) in [5.74, 6) is -0.265. The third-order valence-corrected chi connectivity index (χ3v) is 8.38. The van der Waals surface area contributed by atoms with E-state index in [2.05, 4.69) is 5.32 Å². The van der Waals surface area contributed by atoms with Gasteiger partial charge < -0.3 is 24.3 Å². The zero-order valence-electron chi connectivity index (χ0n) is 18.6. The summed E-state index contributed by atoms with van der Waals surface area (Å²) in [6.07, 6.45) is 2.52. The topological polar surface area (TPSA) is 132 Å². The van der Waals surface area contributed by atoms with E-state index in [0.29, 0.717) is 40.9 Å². The monoisotopic (exact) mass is 477 g/mol. The average Bonchev–Trinajstić information content (AvgIpc) is 3.29. The molecule has 1 amide bonds. The van der Waals surface area contributed by atoms with Gasteiger partial charge in [-0.15, -0.1) is 0 Å². The molecular formula is C23H27NO8S. The molecule has 2 unspecified atom stereocenters. The Morgan fingerprint density at radius 2 is 1.97 bits per heavy atom. The lowest BCUT2D eigenvalue weighted by Crippen LogP contribution is -2.44. The fourth-order valence-corrected chi connectivity index (χ4v) is 6.77. The van der Waals surface area contributed by atoms with Gasteiger partial charge in [-0.25, -0.2) is 13.2 Å². The van der Waals surface area contributed by atoms with Crippen molar-refractivity contribution in [1.82, 2.24) is 5.32 Å². The van der Waals surface area contributed by atoms with Gasteiger partial charge in [-0.3, -0.25) is 4.79 Å². The summed E-state index contributed by atoms with van der Waals surface area (Å²) >= 11 is 0. The van der Waals surface area contributed by atoms with Crippen LogP contribution in [0.2, 0.25) is 0 Å². The van der Waals surface area contributed by atoms with Crippen molar-refractivity contribution in [3.05, 3.63) is 33.2 Å². The SMILES string of the molecule is CC1(C)CCc2c(cc(OCC(=O)NC3CS(=O)(=O)CC3O)c3c4c(c(=O)oc23)CCC4)O1. The van der Waals surface area contributed by atoms with Crippen LogP contribution in [0.1, 0.15) is 43.4 Å². The number of aryl methyl sites for hydroxylation is 2. The van der Waals surface area contributed by atoms with Gasteiger partial charge in [-0.2, -0.15) is 0 Å². The molecule has 1 fully saturated rings. The molecule has 0 radical (unpaired) electrons. The zero-order valence-corrected chi connectivity index (χ0v) is 19.4. The lowest BCUT2D eigenvalue weighted by Gasteiger charge is -2.33. The molecule has 9 nitrogen and oxygen atoms in total. The fraction of sp³-hybridized carbons (Fsp3) is 0.565. The number of fused-ring (bicyclic) bond motifs is 5. The molecule has 10 heteroatoms. The Morgan fingerprint density at radius 3 is 2.70 bits per heavy atom. The number of benzene rings is 1. The first-order valence-corrected chi connectivity index (χ1v) is 13.0. The van der Waals surface area contributed by atoms with Crippen molar-refractivity contribution in [3.8, 4) is 11.5 Å². The smallest absolute Gasteiger partial charge is 0.339 e. The van der Waals surface area contributed by atoms with Gasteiger partial charge in [0.2, 0.25) is 0 Å². The van der Waals surface area contributed by atoms with Crippen molar-refractivity contribution in [2.24, 2.45) is 0 Å². The van der Waals surface area contributed by atoms with Crippen LogP contribution in [0.5, 0.6) is 11.5 Å². The van der Waals surface area contributed by atoms with E-state index in [0.717, 1.165) is 30.4 Å². The van der Waals surface area contributed by atoms with Crippen molar-refractivity contribution in [2.45, 2.75) is 63.7 Å². The van der Waals surface area contributed by atoms with E-state index < -0.39 is 33.5 Å². The van der Waals surface area contributed by atoms with Crippen molar-refractivity contribution in [1.29, 1.82) is 0 Å². The number of amides is 1. The molecule has 1 aromatic heterocycles. The maximum Gasteiger partial charge on any atom is 0.339 e. The summed E-state index contributed by atoms with van der Waals surface area (Å²) in [6, 6.07) is 0.886. The van der Waals surface area contributed by atoms with Crippen molar-refractivity contribution in [3.63, 3.8) is 0 Å². The minimum atomic E-state index is -3.38. The Morgan fingerprint density at radius 1 is 1.21 bits per heavy atom. The van der Waals surface area contributed by atoms with E-state index in [-0.39, 0.29) is 23.7 Å². The fourth-order valence-electron chi connectivity index (χ4n) is 5.03. The number of carbonyl (C=O) groups is 1. The molecule has 5 rings (SSSR count). The average molecular weight is 478 g/mol. The first-order valence-electron chi connectivity index (χ1n) is 11.2. The predicted octanol–water partition coefficient (Wildman–Crippen LogP) is 1.04. The highest BCUT2D eigenvalue weighted by molar-refractivity contribution is 7.91. The van der Waals surface area contributed by atoms with Gasteiger partial charge in [-0.05, 0) is 51.5 Å². The van der Waals surface area contributed by atoms with Crippen LogP contribution >= 0.6 is 0 Å². The second-order valence-corrected chi connectivity index (χ2v) is 11.9. The summed E-state index contributed by atoms with van der Waals surface area (Å²) in [4.78, 5) is 25.1. The van der Waals surface area contributed by atoms with Gasteiger partial charge in [0.1, 0.15) is 22.7 Å². The largest absolute Gasteiger partial charge is 0.487 e. The second kappa shape index (κ2) is 7.73. The number of nitrogens with one attached hydrogen (secondary N) is 1. The summed E-state index contributed by atoms with van der Waals surface area (Å²) < 4.78 is 41.2. The maximum absolute atomic E-state index is 12.6. The van der Waals surface area contributed by atoms with E-state index in [1.165, 1.54) is 0 Å². The Labute approximate surface area is 191 Å². The van der Waals surface area contributed by atoms with E-state index in [4.69, 9.17) is 13.9 Å². The number of hydrogen-bond donors (Lipinski definition) is 2. The van der Waals surface area contributed by atoms with Crippen LogP contribution in [-0.4, -0.2) is 55.3 Å². The molecule has 0 spiro atoms. The first kappa shape index (κ1) is 22.2. The number of hydrogen-bond acceptors (Lipinski definition) is 8. The second-order valence-electron chi connectivity index (χ2n) is 9.72. The van der Waals surface area contributed by atoms with Crippen LogP contribution in [0, 0.1) is 0 Å². The van der Waals surface area contributed by atoms with Gasteiger partial charge >= 0.3 is 5.63 Å². The molecule has 2 N–H and O–H groups in total. The van der Waals surface area contributed by atoms with Gasteiger partial charge in [0.05, 0.1) is 29.0 Å². The summed E-state index contributed by atoms with van der Waals surface area (Å²) in [5.41, 5.74) is 2.08.